The molecule has 1 aromatic rings. The minimum Gasteiger partial charge on any atom is -0.313 e. The third-order valence-corrected chi connectivity index (χ3v) is 3.28. The Kier molecular flexibility index (Phi) is 6.76. The molecule has 0 amide bonds. The largest absolute Gasteiger partial charge is 0.313 e. The second-order valence-electron chi connectivity index (χ2n) is 4.25. The lowest BCUT2D eigenvalue weighted by molar-refractivity contribution is 0.657. The molecule has 0 fully saturated rings. The van der Waals surface area contributed by atoms with Crippen molar-refractivity contribution in [2.24, 2.45) is 0 Å². The van der Waals surface area contributed by atoms with E-state index in [4.69, 9.17) is 5.26 Å². The molecule has 0 radical (unpaired) electrons. The minimum atomic E-state index is 0.630. The zero-order valence-corrected chi connectivity index (χ0v) is 11.4. The van der Waals surface area contributed by atoms with E-state index in [2.05, 4.69) is 49.5 Å². The summed E-state index contributed by atoms with van der Waals surface area (Å²) in [7, 11) is 0. The second-order valence-corrected chi connectivity index (χ2v) is 5.90. The molecule has 0 saturated carbocycles. The number of nitrogens with one attached hydrogen (secondary N) is 1. The number of rotatable bonds is 7. The fraction of sp³-hybridized carbons (Fsp3) is 0.500. The Hall–Kier alpha value is -0.980. The van der Waals surface area contributed by atoms with Crippen LogP contribution in [0.3, 0.4) is 0 Å². The van der Waals surface area contributed by atoms with Gasteiger partial charge in [0.1, 0.15) is 0 Å². The van der Waals surface area contributed by atoms with Crippen LogP contribution >= 0.6 is 11.8 Å². The lowest BCUT2D eigenvalue weighted by Gasteiger charge is -2.07. The van der Waals surface area contributed by atoms with Gasteiger partial charge in [-0.15, -0.1) is 11.8 Å². The summed E-state index contributed by atoms with van der Waals surface area (Å²) in [6.45, 7) is 6.21. The zero-order valence-electron chi connectivity index (χ0n) is 10.6. The molecule has 1 rings (SSSR count). The predicted molar refractivity (Wildman–Crippen MR) is 74.0 cm³/mol. The molecule has 0 unspecified atom stereocenters. The van der Waals surface area contributed by atoms with E-state index in [0.717, 1.165) is 19.5 Å². The summed E-state index contributed by atoms with van der Waals surface area (Å²) in [5.74, 6) is 0. The van der Waals surface area contributed by atoms with Crippen molar-refractivity contribution < 1.29 is 0 Å². The van der Waals surface area contributed by atoms with E-state index in [1.807, 2.05) is 11.8 Å². The van der Waals surface area contributed by atoms with Crippen LogP contribution in [0, 0.1) is 11.3 Å². The number of hydrogen-bond donors (Lipinski definition) is 1. The van der Waals surface area contributed by atoms with Gasteiger partial charge in [0.15, 0.2) is 0 Å². The number of hydrogen-bond acceptors (Lipinski definition) is 3. The highest BCUT2D eigenvalue weighted by Crippen LogP contribution is 2.22. The highest BCUT2D eigenvalue weighted by Gasteiger charge is 1.98. The predicted octanol–water partition coefficient (Wildman–Crippen LogP) is 3.58. The Morgan fingerprint density at radius 1 is 1.29 bits per heavy atom. The highest BCUT2D eigenvalue weighted by molar-refractivity contribution is 7.99. The van der Waals surface area contributed by atoms with Crippen LogP contribution in [0.15, 0.2) is 29.2 Å². The van der Waals surface area contributed by atoms with E-state index in [-0.39, 0.29) is 0 Å². The maximum atomic E-state index is 8.40. The first-order chi connectivity index (χ1) is 8.22. The summed E-state index contributed by atoms with van der Waals surface area (Å²) in [4.78, 5) is 1.33. The molecule has 92 valence electrons. The van der Waals surface area contributed by atoms with Crippen LogP contribution in [0.1, 0.15) is 32.3 Å². The van der Waals surface area contributed by atoms with Gasteiger partial charge in [-0.3, -0.25) is 0 Å². The minimum absolute atomic E-state index is 0.630. The number of nitrogens with zero attached hydrogens (tertiary/aromatic N) is 1. The first-order valence-corrected chi connectivity index (χ1v) is 6.93. The molecule has 0 aromatic heterocycles. The van der Waals surface area contributed by atoms with Crippen LogP contribution in [0.4, 0.5) is 0 Å². The standard InChI is InChI=1S/C14H20N2S/c1-12(2)17-14-7-5-13(6-8-14)11-16-10-4-3-9-15/h5-8,12,16H,3-4,10-11H2,1-2H3. The number of benzene rings is 1. The van der Waals surface area contributed by atoms with Gasteiger partial charge in [-0.2, -0.15) is 5.26 Å². The van der Waals surface area contributed by atoms with Crippen LogP contribution in [0.25, 0.3) is 0 Å². The van der Waals surface area contributed by atoms with Crippen molar-refractivity contribution in [3.63, 3.8) is 0 Å². The Morgan fingerprint density at radius 3 is 2.59 bits per heavy atom. The van der Waals surface area contributed by atoms with Crippen molar-refractivity contribution >= 4 is 11.8 Å². The highest BCUT2D eigenvalue weighted by atomic mass is 32.2. The molecule has 1 N–H and O–H groups in total. The fourth-order valence-electron chi connectivity index (χ4n) is 1.48. The molecular formula is C14H20N2S. The van der Waals surface area contributed by atoms with Crippen molar-refractivity contribution in [1.82, 2.24) is 5.32 Å². The first-order valence-electron chi connectivity index (χ1n) is 6.05. The fourth-order valence-corrected chi connectivity index (χ4v) is 2.32. The van der Waals surface area contributed by atoms with Gasteiger partial charge in [0.05, 0.1) is 6.07 Å². The van der Waals surface area contributed by atoms with Crippen molar-refractivity contribution in [2.75, 3.05) is 6.54 Å². The topological polar surface area (TPSA) is 35.8 Å². The van der Waals surface area contributed by atoms with Gasteiger partial charge in [0.2, 0.25) is 0 Å². The lowest BCUT2D eigenvalue weighted by Crippen LogP contribution is -2.14. The van der Waals surface area contributed by atoms with Gasteiger partial charge >= 0.3 is 0 Å². The normalized spacial score (nSPS) is 10.5. The van der Waals surface area contributed by atoms with Crippen LogP contribution in [0.2, 0.25) is 0 Å². The van der Waals surface area contributed by atoms with Gasteiger partial charge in [-0.05, 0) is 30.7 Å². The Balaban J connectivity index is 2.28. The summed E-state index contributed by atoms with van der Waals surface area (Å²) in [5.41, 5.74) is 1.30. The van der Waals surface area contributed by atoms with Crippen LogP contribution in [-0.2, 0) is 6.54 Å². The third kappa shape index (κ3) is 6.35. The summed E-state index contributed by atoms with van der Waals surface area (Å²) in [5, 5.41) is 12.4. The molecule has 0 bridgehead atoms. The first kappa shape index (κ1) is 14.1. The van der Waals surface area contributed by atoms with Gasteiger partial charge in [-0.1, -0.05) is 26.0 Å². The summed E-state index contributed by atoms with van der Waals surface area (Å²) < 4.78 is 0. The Labute approximate surface area is 108 Å². The monoisotopic (exact) mass is 248 g/mol. The van der Waals surface area contributed by atoms with E-state index in [0.29, 0.717) is 11.7 Å². The van der Waals surface area contributed by atoms with Crippen molar-refractivity contribution in [3.05, 3.63) is 29.8 Å². The van der Waals surface area contributed by atoms with E-state index in [9.17, 15) is 0 Å². The van der Waals surface area contributed by atoms with Crippen LogP contribution in [0.5, 0.6) is 0 Å². The summed E-state index contributed by atoms with van der Waals surface area (Å²) in [6, 6.07) is 10.8. The van der Waals surface area contributed by atoms with Crippen LogP contribution in [-0.4, -0.2) is 11.8 Å². The average molecular weight is 248 g/mol. The zero-order chi connectivity index (χ0) is 12.5. The van der Waals surface area contributed by atoms with Crippen LogP contribution < -0.4 is 5.32 Å². The smallest absolute Gasteiger partial charge is 0.0622 e. The molecule has 0 aliphatic rings. The second kappa shape index (κ2) is 8.16. The number of unbranched alkanes of at least 4 members (excludes halogenated alkanes) is 1. The molecule has 1 aromatic carbocycles. The Morgan fingerprint density at radius 2 is 2.00 bits per heavy atom. The molecule has 3 heteroatoms. The van der Waals surface area contributed by atoms with Crippen molar-refractivity contribution in [3.8, 4) is 6.07 Å². The van der Waals surface area contributed by atoms with Crippen molar-refractivity contribution in [2.45, 2.75) is 43.4 Å². The molecule has 17 heavy (non-hydrogen) atoms. The molecule has 2 nitrogen and oxygen atoms in total. The van der Waals surface area contributed by atoms with E-state index >= 15 is 0 Å². The average Bonchev–Trinajstić information content (AvgIpc) is 2.30. The lowest BCUT2D eigenvalue weighted by atomic mass is 10.2. The third-order valence-electron chi connectivity index (χ3n) is 2.27. The van der Waals surface area contributed by atoms with Crippen molar-refractivity contribution in [1.29, 1.82) is 5.26 Å². The summed E-state index contributed by atoms with van der Waals surface area (Å²) in [6.07, 6.45) is 1.56. The Bertz CT molecular complexity index is 351. The molecule has 0 aliphatic carbocycles. The molecule has 0 saturated heterocycles. The van der Waals surface area contributed by atoms with E-state index < -0.39 is 0 Å². The van der Waals surface area contributed by atoms with Gasteiger partial charge in [0.25, 0.3) is 0 Å². The molecular weight excluding hydrogens is 228 g/mol. The quantitative estimate of drug-likeness (QED) is 0.592. The SMILES string of the molecule is CC(C)Sc1ccc(CNCCCC#N)cc1. The van der Waals surface area contributed by atoms with E-state index in [1.54, 1.807) is 0 Å². The molecule has 0 heterocycles. The number of nitriles is 1. The molecule has 0 atom stereocenters. The van der Waals surface area contributed by atoms with Gasteiger partial charge in [0, 0.05) is 23.1 Å². The molecule has 0 aliphatic heterocycles. The maximum absolute atomic E-state index is 8.40. The molecule has 0 spiro atoms. The van der Waals surface area contributed by atoms with Gasteiger partial charge in [-0.25, -0.2) is 0 Å². The number of thioether (sulfide) groups is 1. The maximum Gasteiger partial charge on any atom is 0.0622 e. The van der Waals surface area contributed by atoms with Gasteiger partial charge < -0.3 is 5.32 Å². The van der Waals surface area contributed by atoms with E-state index in [1.165, 1.54) is 10.5 Å². The summed E-state index contributed by atoms with van der Waals surface area (Å²) >= 11 is 1.89.